The maximum absolute atomic E-state index is 13.5. The van der Waals surface area contributed by atoms with E-state index >= 15 is 0 Å². The molecule has 36 heavy (non-hydrogen) atoms. The number of aromatic nitrogens is 2. The van der Waals surface area contributed by atoms with Gasteiger partial charge in [-0.1, -0.05) is 59.8 Å². The number of carbonyl (C=O) groups excluding carboxylic acids is 3. The first-order chi connectivity index (χ1) is 17.1. The fourth-order valence-corrected chi connectivity index (χ4v) is 4.32. The van der Waals surface area contributed by atoms with Gasteiger partial charge in [0.15, 0.2) is 5.52 Å². The SMILES string of the molecule is CC(C)C[C@H](NC(=O)[C@H](Cc1ccccc1)NC(=O)c1cnccn1)[B-]1(O)ON[C@H](C(=O)P)[C@@H](C)O1. The highest BCUT2D eigenvalue weighted by Gasteiger charge is 2.45. The molecular weight excluding hydrogens is 484 g/mol. The van der Waals surface area contributed by atoms with Crippen LogP contribution in [-0.2, 0) is 25.4 Å². The Kier molecular flexibility index (Phi) is 9.64. The van der Waals surface area contributed by atoms with Crippen LogP contribution in [0.5, 0.6) is 0 Å². The summed E-state index contributed by atoms with van der Waals surface area (Å²) in [6, 6.07) is 7.43. The maximum atomic E-state index is 13.5. The molecular formula is C23H32BN5O6P-. The van der Waals surface area contributed by atoms with E-state index in [1.54, 1.807) is 6.92 Å². The third kappa shape index (κ3) is 7.38. The zero-order valence-corrected chi connectivity index (χ0v) is 21.6. The minimum Gasteiger partial charge on any atom is -0.557 e. The van der Waals surface area contributed by atoms with E-state index in [-0.39, 0.29) is 23.6 Å². The van der Waals surface area contributed by atoms with Gasteiger partial charge in [0.2, 0.25) is 5.91 Å². The van der Waals surface area contributed by atoms with Crippen LogP contribution >= 0.6 is 9.24 Å². The predicted octanol–water partition coefficient (Wildman–Crippen LogP) is 0.529. The van der Waals surface area contributed by atoms with Crippen LogP contribution in [0.15, 0.2) is 48.9 Å². The monoisotopic (exact) mass is 516 g/mol. The topological polar surface area (TPSA) is 152 Å². The molecule has 1 fully saturated rings. The summed E-state index contributed by atoms with van der Waals surface area (Å²) in [7, 11) is 2.05. The summed E-state index contributed by atoms with van der Waals surface area (Å²) in [5, 5.41) is 16.8. The molecule has 0 aliphatic carbocycles. The first kappa shape index (κ1) is 27.8. The Morgan fingerprint density at radius 1 is 1.19 bits per heavy atom. The highest BCUT2D eigenvalue weighted by molar-refractivity contribution is 7.40. The number of benzene rings is 1. The summed E-state index contributed by atoms with van der Waals surface area (Å²) in [5.74, 6) is -2.02. The van der Waals surface area contributed by atoms with E-state index in [2.05, 4.69) is 26.1 Å². The molecule has 1 aromatic heterocycles. The average molecular weight is 516 g/mol. The van der Waals surface area contributed by atoms with E-state index in [4.69, 9.17) is 9.41 Å². The van der Waals surface area contributed by atoms with Gasteiger partial charge < -0.3 is 25.1 Å². The number of rotatable bonds is 10. The van der Waals surface area contributed by atoms with Crippen molar-refractivity contribution < 1.29 is 28.8 Å². The van der Waals surface area contributed by atoms with Crippen molar-refractivity contribution in [2.24, 2.45) is 5.92 Å². The molecule has 2 heterocycles. The molecule has 1 aliphatic heterocycles. The molecule has 1 saturated heterocycles. The number of nitrogens with one attached hydrogen (secondary N) is 3. The second-order valence-corrected chi connectivity index (χ2v) is 9.81. The van der Waals surface area contributed by atoms with Gasteiger partial charge in [-0.15, -0.1) is 0 Å². The summed E-state index contributed by atoms with van der Waals surface area (Å²) in [5.41, 5.74) is 3.15. The Labute approximate surface area is 212 Å². The molecule has 2 amide bonds. The van der Waals surface area contributed by atoms with Gasteiger partial charge in [-0.25, -0.2) is 10.5 Å². The third-order valence-corrected chi connectivity index (χ3v) is 6.17. The Morgan fingerprint density at radius 2 is 1.92 bits per heavy atom. The van der Waals surface area contributed by atoms with Crippen LogP contribution in [0.25, 0.3) is 0 Å². The molecule has 0 radical (unpaired) electrons. The van der Waals surface area contributed by atoms with Crippen molar-refractivity contribution in [2.75, 3.05) is 0 Å². The van der Waals surface area contributed by atoms with Gasteiger partial charge in [0, 0.05) is 24.9 Å². The quantitative estimate of drug-likeness (QED) is 0.262. The van der Waals surface area contributed by atoms with Crippen LogP contribution < -0.4 is 16.1 Å². The van der Waals surface area contributed by atoms with Gasteiger partial charge >= 0.3 is 6.75 Å². The smallest absolute Gasteiger partial charge is 0.414 e. The number of hydroxylamine groups is 1. The van der Waals surface area contributed by atoms with Gasteiger partial charge in [-0.3, -0.25) is 19.4 Å². The molecule has 4 N–H and O–H groups in total. The zero-order valence-electron chi connectivity index (χ0n) is 20.5. The fourth-order valence-electron chi connectivity index (χ4n) is 3.98. The van der Waals surface area contributed by atoms with E-state index in [0.29, 0.717) is 6.42 Å². The average Bonchev–Trinajstić information content (AvgIpc) is 2.83. The van der Waals surface area contributed by atoms with E-state index in [9.17, 15) is 19.4 Å². The predicted molar refractivity (Wildman–Crippen MR) is 136 cm³/mol. The van der Waals surface area contributed by atoms with Crippen LogP contribution in [0.1, 0.15) is 43.2 Å². The van der Waals surface area contributed by atoms with Crippen LogP contribution in [0.3, 0.4) is 0 Å². The Balaban J connectivity index is 1.82. The second kappa shape index (κ2) is 12.5. The Bertz CT molecular complexity index is 1050. The molecule has 13 heteroatoms. The Hall–Kier alpha value is -2.76. The molecule has 1 aromatic carbocycles. The highest BCUT2D eigenvalue weighted by atomic mass is 31.0. The van der Waals surface area contributed by atoms with Crippen molar-refractivity contribution in [3.8, 4) is 0 Å². The molecule has 3 rings (SSSR count). The number of nitrogens with zero attached hydrogens (tertiary/aromatic N) is 2. The number of amides is 2. The lowest BCUT2D eigenvalue weighted by Crippen LogP contribution is -2.71. The zero-order chi connectivity index (χ0) is 26.3. The summed E-state index contributed by atoms with van der Waals surface area (Å²) < 4.78 is 11.2. The lowest BCUT2D eigenvalue weighted by Gasteiger charge is -2.50. The molecule has 2 unspecified atom stereocenters. The lowest BCUT2D eigenvalue weighted by molar-refractivity contribution is -0.130. The molecule has 6 atom stereocenters. The van der Waals surface area contributed by atoms with Crippen molar-refractivity contribution in [2.45, 2.75) is 57.7 Å². The van der Waals surface area contributed by atoms with Crippen LogP contribution in [-0.4, -0.2) is 63.2 Å². The van der Waals surface area contributed by atoms with Gasteiger partial charge in [-0.2, -0.15) is 0 Å². The molecule has 1 aliphatic rings. The van der Waals surface area contributed by atoms with Crippen molar-refractivity contribution in [1.82, 2.24) is 26.1 Å². The van der Waals surface area contributed by atoms with E-state index in [1.807, 2.05) is 53.4 Å². The minimum atomic E-state index is -3.05. The molecule has 0 saturated carbocycles. The number of hydrogen-bond acceptors (Lipinski definition) is 9. The van der Waals surface area contributed by atoms with Crippen molar-refractivity contribution in [3.63, 3.8) is 0 Å². The minimum absolute atomic E-state index is 0.0477. The van der Waals surface area contributed by atoms with E-state index < -0.39 is 42.7 Å². The van der Waals surface area contributed by atoms with Crippen LogP contribution in [0.4, 0.5) is 0 Å². The van der Waals surface area contributed by atoms with Crippen LogP contribution in [0.2, 0.25) is 0 Å². The van der Waals surface area contributed by atoms with Gasteiger partial charge in [0.05, 0.1) is 6.20 Å². The van der Waals surface area contributed by atoms with Crippen molar-refractivity contribution in [1.29, 1.82) is 0 Å². The maximum Gasteiger partial charge on any atom is 0.414 e. The van der Waals surface area contributed by atoms with Gasteiger partial charge in [0.1, 0.15) is 17.8 Å². The first-order valence-electron chi connectivity index (χ1n) is 11.8. The van der Waals surface area contributed by atoms with E-state index in [1.165, 1.54) is 18.6 Å². The number of carbonyl (C=O) groups is 3. The van der Waals surface area contributed by atoms with E-state index in [0.717, 1.165) is 5.56 Å². The van der Waals surface area contributed by atoms with Crippen molar-refractivity contribution in [3.05, 3.63) is 60.2 Å². The molecule has 11 nitrogen and oxygen atoms in total. The first-order valence-corrected chi connectivity index (χ1v) is 12.3. The molecule has 2 aromatic rings. The van der Waals surface area contributed by atoms with Crippen LogP contribution in [0, 0.1) is 5.92 Å². The molecule has 0 bridgehead atoms. The second-order valence-electron chi connectivity index (χ2n) is 9.24. The molecule has 194 valence electrons. The standard InChI is InChI=1S/C23H32BN5O6P/c1-14(2)11-19(24(33)34-15(3)20(23(32)36)29-35-24)28-21(30)17(12-16-7-5-4-6-8-16)27-22(31)18-13-25-9-10-26-18/h4-10,13-15,17,19-20,29,33H,11-12,36H2,1-3H3,(H,27,31)(H,28,30)/q-1/t15-,17+,19+,20+,24?/m1/s1. The Morgan fingerprint density at radius 3 is 2.50 bits per heavy atom. The normalized spacial score (nSPS) is 23.5. The fraction of sp³-hybridized carbons (Fsp3) is 0.435. The largest absolute Gasteiger partial charge is 0.557 e. The third-order valence-electron chi connectivity index (χ3n) is 5.81. The summed E-state index contributed by atoms with van der Waals surface area (Å²) in [4.78, 5) is 45.9. The van der Waals surface area contributed by atoms with Crippen molar-refractivity contribution >= 4 is 33.3 Å². The van der Waals surface area contributed by atoms with Gasteiger partial charge in [-0.05, 0) is 24.3 Å². The summed E-state index contributed by atoms with van der Waals surface area (Å²) >= 11 is 0. The summed E-state index contributed by atoms with van der Waals surface area (Å²) in [6.07, 6.45) is 3.93. The summed E-state index contributed by atoms with van der Waals surface area (Å²) in [6.45, 7) is 2.42. The highest BCUT2D eigenvalue weighted by Crippen LogP contribution is 2.24. The lowest BCUT2D eigenvalue weighted by atomic mass is 9.65. The van der Waals surface area contributed by atoms with Gasteiger partial charge in [0.25, 0.3) is 5.91 Å². The number of hydrogen-bond donors (Lipinski definition) is 4. The molecule has 0 spiro atoms.